The van der Waals surface area contributed by atoms with Crippen LogP contribution in [0.15, 0.2) is 11.4 Å². The van der Waals surface area contributed by atoms with E-state index < -0.39 is 0 Å². The van der Waals surface area contributed by atoms with Crippen LogP contribution >= 0.6 is 11.3 Å². The van der Waals surface area contributed by atoms with Crippen molar-refractivity contribution in [3.8, 4) is 0 Å². The van der Waals surface area contributed by atoms with E-state index in [0.29, 0.717) is 6.61 Å². The molecule has 0 saturated heterocycles. The second-order valence-corrected chi connectivity index (χ2v) is 6.74. The van der Waals surface area contributed by atoms with Crippen LogP contribution < -0.4 is 5.32 Å². The third kappa shape index (κ3) is 2.56. The maximum absolute atomic E-state index is 12.5. The minimum Gasteiger partial charge on any atom is -0.385 e. The zero-order valence-corrected chi connectivity index (χ0v) is 12.2. The zero-order valence-electron chi connectivity index (χ0n) is 11.4. The highest BCUT2D eigenvalue weighted by Crippen LogP contribution is 2.49. The van der Waals surface area contributed by atoms with Crippen molar-refractivity contribution in [2.75, 3.05) is 13.7 Å². The van der Waals surface area contributed by atoms with Gasteiger partial charge in [0.1, 0.15) is 0 Å². The quantitative estimate of drug-likeness (QED) is 0.899. The summed E-state index contributed by atoms with van der Waals surface area (Å²) in [5, 5.41) is 5.43. The van der Waals surface area contributed by atoms with Gasteiger partial charge in [-0.1, -0.05) is 0 Å². The van der Waals surface area contributed by atoms with Crippen molar-refractivity contribution in [2.45, 2.75) is 44.6 Å². The van der Waals surface area contributed by atoms with Crippen molar-refractivity contribution in [1.82, 2.24) is 5.32 Å². The molecule has 0 spiro atoms. The van der Waals surface area contributed by atoms with Crippen LogP contribution in [0.1, 0.15) is 48.6 Å². The number of nitrogens with one attached hydrogen (secondary N) is 1. The predicted octanol–water partition coefficient (Wildman–Crippen LogP) is 3.06. The molecule has 2 aliphatic rings. The first-order valence-electron chi connectivity index (χ1n) is 7.11. The number of thiophene rings is 1. The second-order valence-electron chi connectivity index (χ2n) is 5.74. The number of hydrogen-bond acceptors (Lipinski definition) is 3. The van der Waals surface area contributed by atoms with Crippen LogP contribution in [0.2, 0.25) is 0 Å². The lowest BCUT2D eigenvalue weighted by molar-refractivity contribution is -0.127. The molecule has 1 saturated carbocycles. The van der Waals surface area contributed by atoms with Gasteiger partial charge in [-0.2, -0.15) is 0 Å². The van der Waals surface area contributed by atoms with Gasteiger partial charge in [0.15, 0.2) is 0 Å². The Bertz CT molecular complexity index is 464. The molecule has 1 heterocycles. The summed E-state index contributed by atoms with van der Waals surface area (Å²) in [6.07, 6.45) is 6.34. The van der Waals surface area contributed by atoms with E-state index in [1.54, 1.807) is 7.11 Å². The highest BCUT2D eigenvalue weighted by molar-refractivity contribution is 7.10. The molecule has 1 aromatic rings. The Morgan fingerprint density at radius 2 is 2.42 bits per heavy atom. The van der Waals surface area contributed by atoms with E-state index in [2.05, 4.69) is 16.8 Å². The number of rotatable bonds is 5. The van der Waals surface area contributed by atoms with E-state index >= 15 is 0 Å². The van der Waals surface area contributed by atoms with Gasteiger partial charge in [0.05, 0.1) is 11.5 Å². The van der Waals surface area contributed by atoms with E-state index in [0.717, 1.165) is 25.7 Å². The summed E-state index contributed by atoms with van der Waals surface area (Å²) >= 11 is 1.82. The van der Waals surface area contributed by atoms with E-state index in [4.69, 9.17) is 4.74 Å². The van der Waals surface area contributed by atoms with Crippen molar-refractivity contribution in [1.29, 1.82) is 0 Å². The van der Waals surface area contributed by atoms with Gasteiger partial charge in [0.25, 0.3) is 0 Å². The lowest BCUT2D eigenvalue weighted by Gasteiger charge is -2.26. The fourth-order valence-electron chi connectivity index (χ4n) is 2.99. The number of carbonyl (C=O) groups is 1. The van der Waals surface area contributed by atoms with Crippen LogP contribution in [0.25, 0.3) is 0 Å². The normalized spacial score (nSPS) is 23.7. The minimum absolute atomic E-state index is 0.121. The molecule has 2 aliphatic carbocycles. The summed E-state index contributed by atoms with van der Waals surface area (Å²) in [7, 11) is 1.70. The molecule has 0 aliphatic heterocycles. The first kappa shape index (κ1) is 13.1. The Hall–Kier alpha value is -0.870. The summed E-state index contributed by atoms with van der Waals surface area (Å²) in [5.41, 5.74) is 1.23. The molecule has 1 unspecified atom stereocenters. The first-order valence-corrected chi connectivity index (χ1v) is 7.99. The minimum atomic E-state index is -0.121. The smallest absolute Gasteiger partial charge is 0.226 e. The van der Waals surface area contributed by atoms with Gasteiger partial charge < -0.3 is 10.1 Å². The molecule has 19 heavy (non-hydrogen) atoms. The third-order valence-corrected chi connectivity index (χ3v) is 5.47. The summed E-state index contributed by atoms with van der Waals surface area (Å²) < 4.78 is 5.12. The third-order valence-electron chi connectivity index (χ3n) is 4.48. The average molecular weight is 279 g/mol. The molecule has 1 atom stereocenters. The summed E-state index contributed by atoms with van der Waals surface area (Å²) in [6.45, 7) is 0.682. The Morgan fingerprint density at radius 3 is 3.16 bits per heavy atom. The number of aryl methyl sites for hydroxylation is 1. The molecular weight excluding hydrogens is 258 g/mol. The van der Waals surface area contributed by atoms with Crippen LogP contribution in [0, 0.1) is 5.41 Å². The molecule has 1 aromatic heterocycles. The number of methoxy groups -OCH3 is 1. The maximum Gasteiger partial charge on any atom is 0.226 e. The summed E-state index contributed by atoms with van der Waals surface area (Å²) in [4.78, 5) is 13.9. The van der Waals surface area contributed by atoms with Gasteiger partial charge in [-0.3, -0.25) is 4.79 Å². The molecule has 0 aromatic carbocycles. The highest BCUT2D eigenvalue weighted by Gasteiger charge is 2.49. The second kappa shape index (κ2) is 5.25. The van der Waals surface area contributed by atoms with E-state index in [-0.39, 0.29) is 17.4 Å². The van der Waals surface area contributed by atoms with Crippen LogP contribution in [0.5, 0.6) is 0 Å². The van der Waals surface area contributed by atoms with Crippen molar-refractivity contribution >= 4 is 17.2 Å². The fraction of sp³-hybridized carbons (Fsp3) is 0.667. The number of ether oxygens (including phenoxy) is 1. The molecule has 0 radical (unpaired) electrons. The Labute approximate surface area is 118 Å². The number of fused-ring (bicyclic) bond motifs is 1. The fourth-order valence-corrected chi connectivity index (χ4v) is 3.97. The van der Waals surface area contributed by atoms with Crippen molar-refractivity contribution < 1.29 is 9.53 Å². The number of carbonyl (C=O) groups excluding carboxylic acids is 1. The summed E-state index contributed by atoms with van der Waals surface area (Å²) in [5.74, 6) is 0.244. The lowest BCUT2D eigenvalue weighted by atomic mass is 9.92. The van der Waals surface area contributed by atoms with E-state index in [1.165, 1.54) is 23.3 Å². The number of amides is 1. The Morgan fingerprint density at radius 1 is 1.58 bits per heavy atom. The van der Waals surface area contributed by atoms with Gasteiger partial charge in [0.2, 0.25) is 5.91 Å². The van der Waals surface area contributed by atoms with Gasteiger partial charge in [-0.05, 0) is 55.5 Å². The first-order chi connectivity index (χ1) is 9.25. The Balaban J connectivity index is 1.65. The summed E-state index contributed by atoms with van der Waals surface area (Å²) in [6, 6.07) is 2.42. The highest BCUT2D eigenvalue weighted by atomic mass is 32.1. The SMILES string of the molecule is COCCC1(C(=O)NC2CCCc3sccc32)CC1. The standard InChI is InChI=1S/C15H21NO2S/c1-18-9-8-15(6-7-15)14(17)16-12-3-2-4-13-11(12)5-10-19-13/h5,10,12H,2-4,6-9H2,1H3,(H,16,17). The molecule has 3 nitrogen and oxygen atoms in total. The van der Waals surface area contributed by atoms with Crippen LogP contribution in [-0.2, 0) is 16.0 Å². The molecule has 1 N–H and O–H groups in total. The van der Waals surface area contributed by atoms with Crippen LogP contribution in [-0.4, -0.2) is 19.6 Å². The van der Waals surface area contributed by atoms with Crippen LogP contribution in [0.3, 0.4) is 0 Å². The topological polar surface area (TPSA) is 38.3 Å². The van der Waals surface area contributed by atoms with Crippen molar-refractivity contribution in [2.24, 2.45) is 5.41 Å². The number of hydrogen-bond donors (Lipinski definition) is 1. The molecular formula is C15H21NO2S. The monoisotopic (exact) mass is 279 g/mol. The van der Waals surface area contributed by atoms with Gasteiger partial charge in [-0.15, -0.1) is 11.3 Å². The Kier molecular flexibility index (Phi) is 3.63. The average Bonchev–Trinajstić information content (AvgIpc) is 3.06. The van der Waals surface area contributed by atoms with E-state index in [1.807, 2.05) is 11.3 Å². The van der Waals surface area contributed by atoms with Crippen molar-refractivity contribution in [3.05, 3.63) is 21.9 Å². The zero-order chi connectivity index (χ0) is 13.3. The van der Waals surface area contributed by atoms with E-state index in [9.17, 15) is 4.79 Å². The molecule has 4 heteroatoms. The van der Waals surface area contributed by atoms with Gasteiger partial charge in [-0.25, -0.2) is 0 Å². The molecule has 104 valence electrons. The van der Waals surface area contributed by atoms with Gasteiger partial charge in [0, 0.05) is 18.6 Å². The van der Waals surface area contributed by atoms with Crippen molar-refractivity contribution in [3.63, 3.8) is 0 Å². The largest absolute Gasteiger partial charge is 0.385 e. The maximum atomic E-state index is 12.5. The van der Waals surface area contributed by atoms with Crippen LogP contribution in [0.4, 0.5) is 0 Å². The molecule has 0 bridgehead atoms. The lowest BCUT2D eigenvalue weighted by Crippen LogP contribution is -2.36. The van der Waals surface area contributed by atoms with Gasteiger partial charge >= 0.3 is 0 Å². The predicted molar refractivity (Wildman–Crippen MR) is 76.3 cm³/mol. The molecule has 1 amide bonds. The molecule has 1 fully saturated rings. The molecule has 3 rings (SSSR count).